The monoisotopic (exact) mass is 247 g/mol. The highest BCUT2D eigenvalue weighted by Gasteiger charge is 2.33. The molecular formula is C15H21NO2. The van der Waals surface area contributed by atoms with Crippen LogP contribution in [-0.2, 0) is 0 Å². The Balaban J connectivity index is 2.42. The van der Waals surface area contributed by atoms with E-state index in [1.807, 2.05) is 58.0 Å². The molecule has 1 N–H and O–H groups in total. The zero-order chi connectivity index (χ0) is 13.5. The van der Waals surface area contributed by atoms with Crippen molar-refractivity contribution in [3.8, 4) is 0 Å². The molecule has 0 aliphatic carbocycles. The van der Waals surface area contributed by atoms with E-state index in [4.69, 9.17) is 4.42 Å². The number of aliphatic hydroxyl groups is 1. The van der Waals surface area contributed by atoms with E-state index >= 15 is 0 Å². The molecule has 98 valence electrons. The van der Waals surface area contributed by atoms with Crippen LogP contribution in [-0.4, -0.2) is 29.6 Å². The molecule has 3 heteroatoms. The Hall–Kier alpha value is -1.32. The Kier molecular flexibility index (Phi) is 3.21. The first kappa shape index (κ1) is 13.1. The molecule has 1 aromatic carbocycles. The molecule has 1 atom stereocenters. The molecule has 1 heterocycles. The average Bonchev–Trinajstić information content (AvgIpc) is 2.70. The molecule has 0 radical (unpaired) electrons. The molecule has 18 heavy (non-hydrogen) atoms. The van der Waals surface area contributed by atoms with Crippen molar-refractivity contribution >= 4 is 11.0 Å². The lowest BCUT2D eigenvalue weighted by atomic mass is 9.94. The van der Waals surface area contributed by atoms with Gasteiger partial charge in [0.25, 0.3) is 0 Å². The first-order valence-electron chi connectivity index (χ1n) is 6.18. The lowest BCUT2D eigenvalue weighted by molar-refractivity contribution is 0.00362. The van der Waals surface area contributed by atoms with Gasteiger partial charge in [0, 0.05) is 10.9 Å². The summed E-state index contributed by atoms with van der Waals surface area (Å²) >= 11 is 0. The van der Waals surface area contributed by atoms with E-state index in [1.54, 1.807) is 0 Å². The number of aliphatic hydroxyl groups excluding tert-OH is 1. The van der Waals surface area contributed by atoms with Gasteiger partial charge >= 0.3 is 0 Å². The summed E-state index contributed by atoms with van der Waals surface area (Å²) in [7, 11) is 3.91. The van der Waals surface area contributed by atoms with Crippen molar-refractivity contribution in [1.82, 2.24) is 4.90 Å². The summed E-state index contributed by atoms with van der Waals surface area (Å²) in [5.41, 5.74) is 1.64. The molecule has 2 rings (SSSR count). The zero-order valence-electron chi connectivity index (χ0n) is 11.7. The molecule has 1 unspecified atom stereocenters. The molecule has 0 saturated carbocycles. The maximum atomic E-state index is 10.5. The zero-order valence-corrected chi connectivity index (χ0v) is 11.7. The number of furan rings is 1. The highest BCUT2D eigenvalue weighted by atomic mass is 16.4. The van der Waals surface area contributed by atoms with Crippen molar-refractivity contribution < 1.29 is 9.52 Å². The van der Waals surface area contributed by atoms with E-state index in [0.29, 0.717) is 5.76 Å². The van der Waals surface area contributed by atoms with Gasteiger partial charge in [-0.15, -0.1) is 0 Å². The minimum absolute atomic E-state index is 0.372. The Morgan fingerprint density at radius 3 is 2.50 bits per heavy atom. The van der Waals surface area contributed by atoms with Crippen LogP contribution in [0.2, 0.25) is 0 Å². The van der Waals surface area contributed by atoms with Crippen LogP contribution in [0, 0.1) is 6.92 Å². The standard InChI is InChI=1S/C15H21NO2/c1-10-6-7-12-11(8-10)9-13(18-12)14(17)15(2,3)16(4)5/h6-9,14,17H,1-5H3. The number of hydrogen-bond acceptors (Lipinski definition) is 3. The fraction of sp³-hybridized carbons (Fsp3) is 0.467. The predicted molar refractivity (Wildman–Crippen MR) is 73.7 cm³/mol. The predicted octanol–water partition coefficient (Wildman–Crippen LogP) is 3.11. The third-order valence-corrected chi connectivity index (χ3v) is 3.78. The van der Waals surface area contributed by atoms with E-state index in [1.165, 1.54) is 5.56 Å². The van der Waals surface area contributed by atoms with Crippen LogP contribution in [0.15, 0.2) is 28.7 Å². The van der Waals surface area contributed by atoms with Crippen molar-refractivity contribution in [2.75, 3.05) is 14.1 Å². The Morgan fingerprint density at radius 1 is 1.22 bits per heavy atom. The highest BCUT2D eigenvalue weighted by Crippen LogP contribution is 2.33. The number of fused-ring (bicyclic) bond motifs is 1. The minimum atomic E-state index is -0.653. The van der Waals surface area contributed by atoms with Gasteiger partial charge in [-0.1, -0.05) is 11.6 Å². The van der Waals surface area contributed by atoms with Crippen LogP contribution in [0.5, 0.6) is 0 Å². The van der Waals surface area contributed by atoms with Crippen LogP contribution in [0.1, 0.15) is 31.3 Å². The maximum absolute atomic E-state index is 10.5. The molecule has 3 nitrogen and oxygen atoms in total. The number of likely N-dealkylation sites (N-methyl/N-ethyl adjacent to an activating group) is 1. The van der Waals surface area contributed by atoms with E-state index in [-0.39, 0.29) is 5.54 Å². The minimum Gasteiger partial charge on any atom is -0.458 e. The fourth-order valence-corrected chi connectivity index (χ4v) is 1.91. The number of rotatable bonds is 3. The van der Waals surface area contributed by atoms with Gasteiger partial charge in [0.1, 0.15) is 17.4 Å². The summed E-state index contributed by atoms with van der Waals surface area (Å²) in [6, 6.07) is 7.96. The lowest BCUT2D eigenvalue weighted by Gasteiger charge is -2.35. The third-order valence-electron chi connectivity index (χ3n) is 3.78. The lowest BCUT2D eigenvalue weighted by Crippen LogP contribution is -2.43. The largest absolute Gasteiger partial charge is 0.458 e. The van der Waals surface area contributed by atoms with Gasteiger partial charge in [0.15, 0.2) is 0 Å². The summed E-state index contributed by atoms with van der Waals surface area (Å²) in [6.45, 7) is 6.04. The topological polar surface area (TPSA) is 36.6 Å². The van der Waals surface area contributed by atoms with Gasteiger partial charge in [-0.3, -0.25) is 0 Å². The average molecular weight is 247 g/mol. The normalized spacial score (nSPS) is 14.4. The smallest absolute Gasteiger partial charge is 0.135 e. The highest BCUT2D eigenvalue weighted by molar-refractivity contribution is 5.78. The molecular weight excluding hydrogens is 226 g/mol. The van der Waals surface area contributed by atoms with Gasteiger partial charge < -0.3 is 14.4 Å². The summed E-state index contributed by atoms with van der Waals surface area (Å²) in [5, 5.41) is 11.5. The molecule has 1 aromatic heterocycles. The van der Waals surface area contributed by atoms with Crippen LogP contribution in [0.3, 0.4) is 0 Å². The Bertz CT molecular complexity index is 555. The van der Waals surface area contributed by atoms with Gasteiger partial charge in [-0.05, 0) is 53.1 Å². The van der Waals surface area contributed by atoms with Crippen molar-refractivity contribution in [1.29, 1.82) is 0 Å². The molecule has 0 aliphatic rings. The van der Waals surface area contributed by atoms with Crippen molar-refractivity contribution in [3.63, 3.8) is 0 Å². The SMILES string of the molecule is Cc1ccc2oc(C(O)C(C)(C)N(C)C)cc2c1. The number of nitrogens with zero attached hydrogens (tertiary/aromatic N) is 1. The van der Waals surface area contributed by atoms with Crippen LogP contribution < -0.4 is 0 Å². The van der Waals surface area contributed by atoms with E-state index < -0.39 is 6.10 Å². The molecule has 0 spiro atoms. The maximum Gasteiger partial charge on any atom is 0.135 e. The first-order chi connectivity index (χ1) is 8.32. The van der Waals surface area contributed by atoms with Gasteiger partial charge in [-0.25, -0.2) is 0 Å². The van der Waals surface area contributed by atoms with E-state index in [9.17, 15) is 5.11 Å². The fourth-order valence-electron chi connectivity index (χ4n) is 1.91. The molecule has 0 bridgehead atoms. The number of aryl methyl sites for hydroxylation is 1. The molecule has 0 fully saturated rings. The number of benzene rings is 1. The second-order valence-corrected chi connectivity index (χ2v) is 5.64. The summed E-state index contributed by atoms with van der Waals surface area (Å²) in [4.78, 5) is 2.00. The van der Waals surface area contributed by atoms with Gasteiger partial charge in [-0.2, -0.15) is 0 Å². The summed E-state index contributed by atoms with van der Waals surface area (Å²) in [5.74, 6) is 0.620. The molecule has 0 amide bonds. The second kappa shape index (κ2) is 4.41. The Labute approximate surface area is 108 Å². The van der Waals surface area contributed by atoms with Gasteiger partial charge in [0.2, 0.25) is 0 Å². The van der Waals surface area contributed by atoms with Crippen molar-refractivity contribution in [2.24, 2.45) is 0 Å². The van der Waals surface area contributed by atoms with Crippen LogP contribution >= 0.6 is 0 Å². The quantitative estimate of drug-likeness (QED) is 0.905. The van der Waals surface area contributed by atoms with E-state index in [2.05, 4.69) is 6.07 Å². The van der Waals surface area contributed by atoms with Crippen LogP contribution in [0.4, 0.5) is 0 Å². The van der Waals surface area contributed by atoms with Crippen LogP contribution in [0.25, 0.3) is 11.0 Å². The second-order valence-electron chi connectivity index (χ2n) is 5.64. The van der Waals surface area contributed by atoms with Crippen molar-refractivity contribution in [3.05, 3.63) is 35.6 Å². The molecule has 0 saturated heterocycles. The Morgan fingerprint density at radius 2 is 1.89 bits per heavy atom. The van der Waals surface area contributed by atoms with Crippen molar-refractivity contribution in [2.45, 2.75) is 32.4 Å². The third kappa shape index (κ3) is 2.16. The van der Waals surface area contributed by atoms with Gasteiger partial charge in [0.05, 0.1) is 0 Å². The van der Waals surface area contributed by atoms with E-state index in [0.717, 1.165) is 11.0 Å². The summed E-state index contributed by atoms with van der Waals surface area (Å²) < 4.78 is 5.74. The number of hydrogen-bond donors (Lipinski definition) is 1. The summed E-state index contributed by atoms with van der Waals surface area (Å²) in [6.07, 6.45) is -0.653. The molecule has 0 aliphatic heterocycles. The first-order valence-corrected chi connectivity index (χ1v) is 6.18. The molecule has 2 aromatic rings.